The van der Waals surface area contributed by atoms with Gasteiger partial charge in [-0.15, -0.1) is 0 Å². The van der Waals surface area contributed by atoms with Crippen molar-refractivity contribution in [1.29, 1.82) is 0 Å². The van der Waals surface area contributed by atoms with Crippen molar-refractivity contribution in [3.8, 4) is 0 Å². The average molecular weight is 511 g/mol. The molecule has 5 atom stereocenters. The van der Waals surface area contributed by atoms with Gasteiger partial charge in [-0.2, -0.15) is 0 Å². The lowest BCUT2D eigenvalue weighted by Crippen LogP contribution is -2.26. The Kier molecular flexibility index (Phi) is 8.94. The van der Waals surface area contributed by atoms with E-state index in [1.165, 1.54) is 11.1 Å². The Balaban J connectivity index is 1.18. The van der Waals surface area contributed by atoms with Crippen LogP contribution in [0.25, 0.3) is 0 Å². The number of hydrogen-bond acceptors (Lipinski definition) is 6. The van der Waals surface area contributed by atoms with Crippen LogP contribution in [0.4, 0.5) is 4.79 Å². The van der Waals surface area contributed by atoms with Crippen molar-refractivity contribution in [2.24, 2.45) is 0 Å². The monoisotopic (exact) mass is 510 g/mol. The van der Waals surface area contributed by atoms with Gasteiger partial charge in [0.25, 0.3) is 0 Å². The van der Waals surface area contributed by atoms with E-state index in [-0.39, 0.29) is 36.4 Å². The maximum Gasteiger partial charge on any atom is 0.508 e. The zero-order valence-corrected chi connectivity index (χ0v) is 22.9. The zero-order chi connectivity index (χ0) is 26.5. The number of benzene rings is 2. The van der Waals surface area contributed by atoms with Gasteiger partial charge < -0.3 is 23.7 Å². The molecular weight excluding hydrogens is 468 g/mol. The number of methoxy groups -OCH3 is 1. The van der Waals surface area contributed by atoms with Crippen molar-refractivity contribution in [1.82, 2.24) is 0 Å². The lowest BCUT2D eigenvalue weighted by Gasteiger charge is -2.27. The van der Waals surface area contributed by atoms with Gasteiger partial charge in [0.1, 0.15) is 18.3 Å². The second-order valence-electron chi connectivity index (χ2n) is 11.5. The molecule has 6 nitrogen and oxygen atoms in total. The number of epoxide rings is 2. The third-order valence-electron chi connectivity index (χ3n) is 7.36. The summed E-state index contributed by atoms with van der Waals surface area (Å²) in [7, 11) is 1.82. The first-order valence-electron chi connectivity index (χ1n) is 13.5. The van der Waals surface area contributed by atoms with Gasteiger partial charge >= 0.3 is 6.16 Å². The Morgan fingerprint density at radius 1 is 0.973 bits per heavy atom. The minimum Gasteiger partial charge on any atom is -0.431 e. The fourth-order valence-corrected chi connectivity index (χ4v) is 5.14. The molecule has 2 aliphatic rings. The Bertz CT molecular complexity index is 948. The van der Waals surface area contributed by atoms with Crippen LogP contribution in [0.15, 0.2) is 60.7 Å². The van der Waals surface area contributed by atoms with Crippen molar-refractivity contribution < 1.29 is 28.5 Å². The van der Waals surface area contributed by atoms with E-state index >= 15 is 0 Å². The van der Waals surface area contributed by atoms with Gasteiger partial charge in [0, 0.05) is 13.0 Å². The molecule has 6 heteroatoms. The van der Waals surface area contributed by atoms with E-state index in [2.05, 4.69) is 67.6 Å². The van der Waals surface area contributed by atoms with Crippen molar-refractivity contribution in [3.05, 3.63) is 71.8 Å². The van der Waals surface area contributed by atoms with Crippen LogP contribution in [-0.4, -0.2) is 55.5 Å². The molecule has 202 valence electrons. The van der Waals surface area contributed by atoms with Gasteiger partial charge in [-0.05, 0) is 70.9 Å². The third kappa shape index (κ3) is 8.03. The van der Waals surface area contributed by atoms with Crippen LogP contribution in [0.2, 0.25) is 0 Å². The lowest BCUT2D eigenvalue weighted by atomic mass is 9.84. The molecule has 0 amide bonds. The van der Waals surface area contributed by atoms with Crippen molar-refractivity contribution >= 4 is 6.16 Å². The quantitative estimate of drug-likeness (QED) is 0.222. The van der Waals surface area contributed by atoms with E-state index in [0.717, 1.165) is 32.1 Å². The molecule has 2 heterocycles. The van der Waals surface area contributed by atoms with Crippen LogP contribution in [0.3, 0.4) is 0 Å². The van der Waals surface area contributed by atoms with Crippen LogP contribution in [0.1, 0.15) is 76.8 Å². The first-order valence-corrected chi connectivity index (χ1v) is 13.5. The molecular formula is C31H42O6. The Hall–Kier alpha value is -2.41. The number of rotatable bonds is 13. The predicted molar refractivity (Wildman–Crippen MR) is 143 cm³/mol. The normalized spacial score (nSPS) is 25.5. The molecule has 2 fully saturated rings. The first kappa shape index (κ1) is 27.6. The van der Waals surface area contributed by atoms with E-state index in [1.54, 1.807) is 0 Å². The highest BCUT2D eigenvalue weighted by Gasteiger charge is 2.54. The van der Waals surface area contributed by atoms with Crippen molar-refractivity contribution in [2.75, 3.05) is 13.7 Å². The second-order valence-corrected chi connectivity index (χ2v) is 11.5. The molecule has 37 heavy (non-hydrogen) atoms. The number of carbonyl (C=O) groups excluding carboxylic acids is 1. The van der Waals surface area contributed by atoms with Gasteiger partial charge in [0.05, 0.1) is 23.9 Å². The van der Waals surface area contributed by atoms with Crippen LogP contribution in [0, 0.1) is 0 Å². The smallest absolute Gasteiger partial charge is 0.431 e. The Labute approximate surface area is 221 Å². The highest BCUT2D eigenvalue weighted by molar-refractivity contribution is 5.60. The predicted octanol–water partition coefficient (Wildman–Crippen LogP) is 6.66. The van der Waals surface area contributed by atoms with Crippen LogP contribution in [0.5, 0.6) is 0 Å². The second kappa shape index (κ2) is 12.0. The van der Waals surface area contributed by atoms with E-state index in [1.807, 2.05) is 27.9 Å². The summed E-state index contributed by atoms with van der Waals surface area (Å²) in [6.07, 6.45) is 4.88. The average Bonchev–Trinajstić information content (AvgIpc) is 3.77. The van der Waals surface area contributed by atoms with E-state index in [0.29, 0.717) is 6.10 Å². The van der Waals surface area contributed by atoms with Crippen LogP contribution < -0.4 is 0 Å². The molecule has 0 bridgehead atoms. The molecule has 0 saturated carbocycles. The molecule has 2 aromatic rings. The maximum absolute atomic E-state index is 11.8. The number of carbonyl (C=O) groups is 1. The molecule has 0 aliphatic carbocycles. The molecule has 0 N–H and O–H groups in total. The molecule has 2 aliphatic heterocycles. The minimum absolute atomic E-state index is 0.0763. The first-order chi connectivity index (χ1) is 17.7. The largest absolute Gasteiger partial charge is 0.508 e. The number of ether oxygens (including phenoxy) is 5. The van der Waals surface area contributed by atoms with E-state index < -0.39 is 11.8 Å². The molecule has 0 spiro atoms. The van der Waals surface area contributed by atoms with Gasteiger partial charge in [0.15, 0.2) is 0 Å². The summed E-state index contributed by atoms with van der Waals surface area (Å²) in [6.45, 7) is 7.75. The summed E-state index contributed by atoms with van der Waals surface area (Å²) < 4.78 is 28.2. The summed E-state index contributed by atoms with van der Waals surface area (Å²) >= 11 is 0. The highest BCUT2D eigenvalue weighted by atomic mass is 16.7. The zero-order valence-electron chi connectivity index (χ0n) is 22.9. The molecule has 1 unspecified atom stereocenters. The van der Waals surface area contributed by atoms with Gasteiger partial charge in [-0.25, -0.2) is 4.79 Å². The van der Waals surface area contributed by atoms with Gasteiger partial charge in [-0.1, -0.05) is 60.7 Å². The summed E-state index contributed by atoms with van der Waals surface area (Å²) in [5, 5.41) is 0. The fourth-order valence-electron chi connectivity index (χ4n) is 5.14. The fraction of sp³-hybridized carbons (Fsp3) is 0.581. The molecule has 2 saturated heterocycles. The Morgan fingerprint density at radius 3 is 2.14 bits per heavy atom. The van der Waals surface area contributed by atoms with Gasteiger partial charge in [-0.3, -0.25) is 0 Å². The summed E-state index contributed by atoms with van der Waals surface area (Å²) in [6, 6.07) is 21.3. The maximum atomic E-state index is 11.8. The van der Waals surface area contributed by atoms with E-state index in [9.17, 15) is 4.79 Å². The van der Waals surface area contributed by atoms with Crippen LogP contribution >= 0.6 is 0 Å². The summed E-state index contributed by atoms with van der Waals surface area (Å²) in [5.41, 5.74) is 1.75. The molecule has 0 aromatic heterocycles. The van der Waals surface area contributed by atoms with Crippen molar-refractivity contribution in [2.45, 2.75) is 101 Å². The van der Waals surface area contributed by atoms with Crippen molar-refractivity contribution in [3.63, 3.8) is 0 Å². The topological polar surface area (TPSA) is 69.8 Å². The standard InChI is InChI=1S/C31H42O6/c1-30(2,3)37-29(32)34-21-27-31(4,36-27)20-19-25-24(35-25)17-12-18-26(33-5)28(22-13-8-6-9-14-22)23-15-10-7-11-16-23/h6-11,13-16,24-28H,12,17-21H2,1-5H3/t24-,25-,26?,27-,31-/m1/s1. The van der Waals surface area contributed by atoms with Crippen LogP contribution in [-0.2, 0) is 23.7 Å². The molecule has 2 aromatic carbocycles. The third-order valence-corrected chi connectivity index (χ3v) is 7.36. The van der Waals surface area contributed by atoms with Gasteiger partial charge in [0.2, 0.25) is 0 Å². The number of hydrogen-bond donors (Lipinski definition) is 0. The minimum atomic E-state index is -0.646. The Morgan fingerprint density at radius 2 is 1.57 bits per heavy atom. The lowest BCUT2D eigenvalue weighted by molar-refractivity contribution is -0.00949. The molecule has 0 radical (unpaired) electrons. The highest BCUT2D eigenvalue weighted by Crippen LogP contribution is 2.43. The molecule has 4 rings (SSSR count). The SMILES string of the molecule is COC(CCC[C@H]1O[C@@H]1CC[C@@]1(C)O[C@@H]1COC(=O)OC(C)(C)C)C(c1ccccc1)c1ccccc1. The van der Waals surface area contributed by atoms with E-state index in [4.69, 9.17) is 23.7 Å². The summed E-state index contributed by atoms with van der Waals surface area (Å²) in [5.74, 6) is 0.204. The summed E-state index contributed by atoms with van der Waals surface area (Å²) in [4.78, 5) is 11.8.